The maximum absolute atomic E-state index is 10.9. The van der Waals surface area contributed by atoms with Gasteiger partial charge in [0.2, 0.25) is 0 Å². The maximum atomic E-state index is 10.9. The molecule has 0 bridgehead atoms. The van der Waals surface area contributed by atoms with E-state index in [-0.39, 0.29) is 5.92 Å². The van der Waals surface area contributed by atoms with Gasteiger partial charge in [-0.1, -0.05) is 13.8 Å². The van der Waals surface area contributed by atoms with Gasteiger partial charge in [0.1, 0.15) is 11.8 Å². The zero-order chi connectivity index (χ0) is 11.4. The Morgan fingerprint density at radius 1 is 1.60 bits per heavy atom. The molecule has 2 N–H and O–H groups in total. The molecule has 0 spiro atoms. The second kappa shape index (κ2) is 5.32. The van der Waals surface area contributed by atoms with Crippen molar-refractivity contribution >= 4 is 21.9 Å². The first-order chi connectivity index (χ1) is 7.00. The molecular formula is C10H14BrNO3. The number of furan rings is 1. The average Bonchev–Trinajstić information content (AvgIpc) is 2.50. The number of hydrogen-bond acceptors (Lipinski definition) is 3. The van der Waals surface area contributed by atoms with Gasteiger partial charge in [-0.3, -0.25) is 10.1 Å². The summed E-state index contributed by atoms with van der Waals surface area (Å²) in [5.74, 6) is -0.0784. The van der Waals surface area contributed by atoms with Crippen molar-refractivity contribution in [2.24, 2.45) is 5.92 Å². The summed E-state index contributed by atoms with van der Waals surface area (Å²) in [5, 5.41) is 11.9. The van der Waals surface area contributed by atoms with Gasteiger partial charge in [-0.2, -0.15) is 0 Å². The first-order valence-electron chi connectivity index (χ1n) is 4.71. The molecule has 1 rings (SSSR count). The number of carbonyl (C=O) groups is 1. The predicted octanol–water partition coefficient (Wildman–Crippen LogP) is 2.24. The van der Waals surface area contributed by atoms with E-state index in [1.54, 1.807) is 12.1 Å². The molecule has 84 valence electrons. The topological polar surface area (TPSA) is 62.5 Å². The second-order valence-electron chi connectivity index (χ2n) is 3.65. The van der Waals surface area contributed by atoms with Crippen molar-refractivity contribution < 1.29 is 14.3 Å². The molecule has 0 saturated heterocycles. The smallest absolute Gasteiger partial charge is 0.320 e. The number of halogens is 1. The summed E-state index contributed by atoms with van der Waals surface area (Å²) in [6.07, 6.45) is 0. The number of hydrogen-bond donors (Lipinski definition) is 2. The standard InChI is InChI=1S/C10H14BrNO3/c1-6(2)9(10(13)14)12-5-7-3-4-8(11)15-7/h3-4,6,9,12H,5H2,1-2H3,(H,13,14)/t9-/m1/s1. The molecule has 0 aliphatic rings. The summed E-state index contributed by atoms with van der Waals surface area (Å²) >= 11 is 3.19. The van der Waals surface area contributed by atoms with E-state index in [1.807, 2.05) is 13.8 Å². The lowest BCUT2D eigenvalue weighted by molar-refractivity contribution is -0.140. The fraction of sp³-hybridized carbons (Fsp3) is 0.500. The van der Waals surface area contributed by atoms with Crippen LogP contribution in [0.25, 0.3) is 0 Å². The van der Waals surface area contributed by atoms with Gasteiger partial charge in [-0.15, -0.1) is 0 Å². The fourth-order valence-corrected chi connectivity index (χ4v) is 1.61. The molecule has 0 saturated carbocycles. The van der Waals surface area contributed by atoms with Crippen LogP contribution in [0.5, 0.6) is 0 Å². The van der Waals surface area contributed by atoms with Crippen LogP contribution in [0.3, 0.4) is 0 Å². The highest BCUT2D eigenvalue weighted by Gasteiger charge is 2.20. The van der Waals surface area contributed by atoms with Gasteiger partial charge < -0.3 is 9.52 Å². The summed E-state index contributed by atoms with van der Waals surface area (Å²) in [7, 11) is 0. The van der Waals surface area contributed by atoms with Gasteiger partial charge in [0.15, 0.2) is 4.67 Å². The predicted molar refractivity (Wildman–Crippen MR) is 59.5 cm³/mol. The summed E-state index contributed by atoms with van der Waals surface area (Å²) in [4.78, 5) is 10.9. The molecule has 5 heteroatoms. The number of carboxylic acid groups (broad SMARTS) is 1. The monoisotopic (exact) mass is 275 g/mol. The minimum atomic E-state index is -0.837. The van der Waals surface area contributed by atoms with E-state index in [0.717, 1.165) is 0 Å². The van der Waals surface area contributed by atoms with Crippen molar-refractivity contribution in [2.75, 3.05) is 0 Å². The van der Waals surface area contributed by atoms with Crippen molar-refractivity contribution in [3.05, 3.63) is 22.6 Å². The first-order valence-corrected chi connectivity index (χ1v) is 5.50. The van der Waals surface area contributed by atoms with Crippen molar-refractivity contribution in [1.82, 2.24) is 5.32 Å². The Kier molecular flexibility index (Phi) is 4.35. The van der Waals surface area contributed by atoms with Crippen LogP contribution in [0, 0.1) is 5.92 Å². The van der Waals surface area contributed by atoms with E-state index < -0.39 is 12.0 Å². The highest BCUT2D eigenvalue weighted by molar-refractivity contribution is 9.10. The molecule has 0 aliphatic carbocycles. The third-order valence-electron chi connectivity index (χ3n) is 2.06. The molecule has 1 aromatic rings. The van der Waals surface area contributed by atoms with Crippen LogP contribution >= 0.6 is 15.9 Å². The summed E-state index contributed by atoms with van der Waals surface area (Å²) in [5.41, 5.74) is 0. The lowest BCUT2D eigenvalue weighted by atomic mass is 10.1. The summed E-state index contributed by atoms with van der Waals surface area (Å²) in [6, 6.07) is 3.03. The Morgan fingerprint density at radius 3 is 2.67 bits per heavy atom. The minimum absolute atomic E-state index is 0.0425. The molecule has 0 radical (unpaired) electrons. The van der Waals surface area contributed by atoms with Crippen molar-refractivity contribution in [3.63, 3.8) is 0 Å². The molecule has 15 heavy (non-hydrogen) atoms. The van der Waals surface area contributed by atoms with Crippen LogP contribution in [0.2, 0.25) is 0 Å². The van der Waals surface area contributed by atoms with Crippen molar-refractivity contribution in [3.8, 4) is 0 Å². The third-order valence-corrected chi connectivity index (χ3v) is 2.48. The number of rotatable bonds is 5. The first kappa shape index (κ1) is 12.3. The van der Waals surface area contributed by atoms with Crippen molar-refractivity contribution in [1.29, 1.82) is 0 Å². The Hall–Kier alpha value is -0.810. The lowest BCUT2D eigenvalue weighted by Crippen LogP contribution is -2.40. The molecule has 0 aliphatic heterocycles. The van der Waals surface area contributed by atoms with Gasteiger partial charge in [0.25, 0.3) is 0 Å². The quantitative estimate of drug-likeness (QED) is 0.865. The molecule has 1 heterocycles. The van der Waals surface area contributed by atoms with Gasteiger partial charge in [-0.25, -0.2) is 0 Å². The van der Waals surface area contributed by atoms with Crippen molar-refractivity contribution in [2.45, 2.75) is 26.4 Å². The van der Waals surface area contributed by atoms with E-state index in [4.69, 9.17) is 9.52 Å². The number of nitrogens with one attached hydrogen (secondary N) is 1. The molecule has 0 fully saturated rings. The van der Waals surface area contributed by atoms with Gasteiger partial charge in [0, 0.05) is 0 Å². The van der Waals surface area contributed by atoms with Crippen LogP contribution in [0.4, 0.5) is 0 Å². The second-order valence-corrected chi connectivity index (χ2v) is 4.43. The highest BCUT2D eigenvalue weighted by atomic mass is 79.9. The zero-order valence-corrected chi connectivity index (χ0v) is 10.2. The average molecular weight is 276 g/mol. The van der Waals surface area contributed by atoms with E-state index in [1.165, 1.54) is 0 Å². The van der Waals surface area contributed by atoms with E-state index in [2.05, 4.69) is 21.2 Å². The minimum Gasteiger partial charge on any atom is -0.480 e. The van der Waals surface area contributed by atoms with E-state index in [9.17, 15) is 4.79 Å². The van der Waals surface area contributed by atoms with Crippen LogP contribution in [-0.4, -0.2) is 17.1 Å². The van der Waals surface area contributed by atoms with Crippen LogP contribution < -0.4 is 5.32 Å². The van der Waals surface area contributed by atoms with E-state index >= 15 is 0 Å². The van der Waals surface area contributed by atoms with Crippen LogP contribution in [-0.2, 0) is 11.3 Å². The Labute approximate surface area is 96.8 Å². The lowest BCUT2D eigenvalue weighted by Gasteiger charge is -2.16. The van der Waals surface area contributed by atoms with Gasteiger partial charge in [0.05, 0.1) is 6.54 Å². The Balaban J connectivity index is 2.50. The SMILES string of the molecule is CC(C)[C@@H](NCc1ccc(Br)o1)C(=O)O. The molecule has 1 aromatic heterocycles. The van der Waals surface area contributed by atoms with E-state index in [0.29, 0.717) is 17.0 Å². The number of carboxylic acids is 1. The normalized spacial score (nSPS) is 13.1. The third kappa shape index (κ3) is 3.68. The molecular weight excluding hydrogens is 262 g/mol. The van der Waals surface area contributed by atoms with Crippen LogP contribution in [0.15, 0.2) is 21.2 Å². The maximum Gasteiger partial charge on any atom is 0.320 e. The van der Waals surface area contributed by atoms with Gasteiger partial charge in [-0.05, 0) is 34.0 Å². The molecule has 0 amide bonds. The molecule has 0 unspecified atom stereocenters. The molecule has 1 atom stereocenters. The Bertz CT molecular complexity index is 335. The fourth-order valence-electron chi connectivity index (χ4n) is 1.27. The molecule has 0 aromatic carbocycles. The number of aliphatic carboxylic acids is 1. The zero-order valence-electron chi connectivity index (χ0n) is 8.66. The molecule has 4 nitrogen and oxygen atoms in total. The summed E-state index contributed by atoms with van der Waals surface area (Å²) < 4.78 is 5.90. The summed E-state index contributed by atoms with van der Waals surface area (Å²) in [6.45, 7) is 4.15. The highest BCUT2D eigenvalue weighted by Crippen LogP contribution is 2.14. The Morgan fingerprint density at radius 2 is 2.27 bits per heavy atom. The largest absolute Gasteiger partial charge is 0.480 e. The van der Waals surface area contributed by atoms with Gasteiger partial charge >= 0.3 is 5.97 Å². The van der Waals surface area contributed by atoms with Crippen LogP contribution in [0.1, 0.15) is 19.6 Å².